The van der Waals surface area contributed by atoms with Crippen molar-refractivity contribution < 1.29 is 18.0 Å². The number of hydrogen-bond donors (Lipinski definition) is 1. The van der Waals surface area contributed by atoms with Crippen LogP contribution in [0.25, 0.3) is 0 Å². The number of hydrogen-bond acceptors (Lipinski definition) is 4. The van der Waals surface area contributed by atoms with Crippen LogP contribution in [-0.2, 0) is 0 Å². The van der Waals surface area contributed by atoms with Gasteiger partial charge in [-0.05, 0) is 12.6 Å². The molecule has 1 amide bonds. The van der Waals surface area contributed by atoms with Gasteiger partial charge in [0.1, 0.15) is 11.4 Å². The monoisotopic (exact) mass is 393 g/mol. The summed E-state index contributed by atoms with van der Waals surface area (Å²) in [6, 6.07) is 6.67. The molecule has 0 bridgehead atoms. The van der Waals surface area contributed by atoms with Gasteiger partial charge in [0.15, 0.2) is 6.04 Å². The lowest BCUT2D eigenvalue weighted by atomic mass is 9.96. The van der Waals surface area contributed by atoms with E-state index in [9.17, 15) is 18.0 Å². The summed E-state index contributed by atoms with van der Waals surface area (Å²) >= 11 is 0. The van der Waals surface area contributed by atoms with Crippen LogP contribution in [0.5, 0.6) is 0 Å². The van der Waals surface area contributed by atoms with Crippen LogP contribution in [0.1, 0.15) is 34.4 Å². The molecule has 2 atom stereocenters. The fraction of sp³-hybridized carbons (Fsp3) is 0.474. The molecule has 2 aliphatic heterocycles. The highest BCUT2D eigenvalue weighted by Gasteiger charge is 2.47. The first kappa shape index (κ1) is 18.8. The number of fused-ring (bicyclic) bond motifs is 1. The highest BCUT2D eigenvalue weighted by molar-refractivity contribution is 5.99. The molecule has 4 rings (SSSR count). The van der Waals surface area contributed by atoms with E-state index in [-0.39, 0.29) is 23.7 Å². The molecule has 150 valence electrons. The Morgan fingerprint density at radius 3 is 2.46 bits per heavy atom. The summed E-state index contributed by atoms with van der Waals surface area (Å²) in [6.07, 6.45) is -3.37. The molecular formula is C19H22F3N5O. The largest absolute Gasteiger partial charge is 0.410 e. The summed E-state index contributed by atoms with van der Waals surface area (Å²) in [7, 11) is 1.98. The van der Waals surface area contributed by atoms with E-state index in [4.69, 9.17) is 0 Å². The Morgan fingerprint density at radius 1 is 1.14 bits per heavy atom. The quantitative estimate of drug-likeness (QED) is 0.853. The highest BCUT2D eigenvalue weighted by atomic mass is 19.4. The Bertz CT molecular complexity index is 843. The van der Waals surface area contributed by atoms with Crippen molar-refractivity contribution in [2.24, 2.45) is 0 Å². The van der Waals surface area contributed by atoms with E-state index in [0.717, 1.165) is 23.3 Å². The first-order chi connectivity index (χ1) is 13.3. The van der Waals surface area contributed by atoms with Gasteiger partial charge in [-0.15, -0.1) is 0 Å². The minimum absolute atomic E-state index is 0.145. The van der Waals surface area contributed by atoms with Crippen molar-refractivity contribution in [3.63, 3.8) is 0 Å². The van der Waals surface area contributed by atoms with Gasteiger partial charge in [0, 0.05) is 32.6 Å². The normalized spacial score (nSPS) is 23.2. The number of amides is 1. The zero-order valence-corrected chi connectivity index (χ0v) is 15.5. The zero-order chi connectivity index (χ0) is 19.9. The number of piperazine rings is 1. The van der Waals surface area contributed by atoms with E-state index in [1.165, 1.54) is 6.20 Å². The van der Waals surface area contributed by atoms with Crippen LogP contribution in [0.2, 0.25) is 0 Å². The number of carbonyl (C=O) groups is 1. The maximum absolute atomic E-state index is 13.7. The van der Waals surface area contributed by atoms with Gasteiger partial charge >= 0.3 is 6.18 Å². The summed E-state index contributed by atoms with van der Waals surface area (Å²) in [5.41, 5.74) is 0.946. The molecule has 1 N–H and O–H groups in total. The molecule has 0 aliphatic carbocycles. The Balaban J connectivity index is 1.68. The third kappa shape index (κ3) is 3.46. The van der Waals surface area contributed by atoms with E-state index in [0.29, 0.717) is 13.1 Å². The number of carbonyl (C=O) groups excluding carboxylic acids is 1. The number of aromatic nitrogens is 2. The Kier molecular flexibility index (Phi) is 4.78. The number of alkyl halides is 3. The van der Waals surface area contributed by atoms with E-state index < -0.39 is 18.3 Å². The molecule has 2 aliphatic rings. The van der Waals surface area contributed by atoms with E-state index in [2.05, 4.69) is 15.3 Å². The standard InChI is InChI=1S/C19H22F3N5O/c1-25-7-9-26(10-8-25)18(28)14-12-23-27-16(19(20,21)22)11-15(24-17(14)27)13-5-3-2-4-6-13/h2-6,12,15-16,24H,7-11H2,1H3/t15-,16-/m1/s1. The number of likely N-dealkylation sites (N-methyl/N-ethyl adjacent to an activating group) is 1. The van der Waals surface area contributed by atoms with Crippen molar-refractivity contribution in [1.29, 1.82) is 0 Å². The van der Waals surface area contributed by atoms with Gasteiger partial charge in [0.25, 0.3) is 5.91 Å². The lowest BCUT2D eigenvalue weighted by Gasteiger charge is -2.35. The first-order valence-electron chi connectivity index (χ1n) is 9.28. The Labute approximate surface area is 160 Å². The molecule has 0 radical (unpaired) electrons. The molecule has 6 nitrogen and oxygen atoms in total. The second-order valence-electron chi connectivity index (χ2n) is 7.35. The number of anilines is 1. The SMILES string of the molecule is CN1CCN(C(=O)c2cnn3c2N[C@@H](c2ccccc2)C[C@@H]3C(F)(F)F)CC1. The summed E-state index contributed by atoms with van der Waals surface area (Å²) in [4.78, 5) is 16.8. The molecular weight excluding hydrogens is 371 g/mol. The molecule has 0 spiro atoms. The zero-order valence-electron chi connectivity index (χ0n) is 15.5. The van der Waals surface area contributed by atoms with E-state index in [1.54, 1.807) is 29.2 Å². The van der Waals surface area contributed by atoms with Gasteiger partial charge in [-0.2, -0.15) is 18.3 Å². The van der Waals surface area contributed by atoms with Gasteiger partial charge in [-0.3, -0.25) is 4.79 Å². The predicted molar refractivity (Wildman–Crippen MR) is 98.1 cm³/mol. The summed E-state index contributed by atoms with van der Waals surface area (Å²) < 4.78 is 42.1. The maximum Gasteiger partial charge on any atom is 0.410 e. The van der Waals surface area contributed by atoms with Crippen LogP contribution in [0.3, 0.4) is 0 Å². The minimum Gasteiger partial charge on any atom is -0.363 e. The number of halogens is 3. The molecule has 1 aromatic carbocycles. The topological polar surface area (TPSA) is 53.4 Å². The molecule has 1 saturated heterocycles. The Hall–Kier alpha value is -2.55. The fourth-order valence-corrected chi connectivity index (χ4v) is 3.80. The second kappa shape index (κ2) is 7.12. The van der Waals surface area contributed by atoms with Gasteiger partial charge in [-0.25, -0.2) is 4.68 Å². The minimum atomic E-state index is -4.45. The number of benzene rings is 1. The van der Waals surface area contributed by atoms with E-state index >= 15 is 0 Å². The lowest BCUT2D eigenvalue weighted by molar-refractivity contribution is -0.173. The Morgan fingerprint density at radius 2 is 1.82 bits per heavy atom. The number of nitrogens with zero attached hydrogens (tertiary/aromatic N) is 4. The summed E-state index contributed by atoms with van der Waals surface area (Å²) in [6.45, 7) is 2.57. The average Bonchev–Trinajstić information content (AvgIpc) is 3.11. The average molecular weight is 393 g/mol. The molecule has 0 unspecified atom stereocenters. The second-order valence-corrected chi connectivity index (χ2v) is 7.35. The van der Waals surface area contributed by atoms with Crippen LogP contribution >= 0.6 is 0 Å². The van der Waals surface area contributed by atoms with Crippen molar-refractivity contribution >= 4 is 11.7 Å². The van der Waals surface area contributed by atoms with Crippen molar-refractivity contribution in [2.45, 2.75) is 24.7 Å². The third-order valence-corrected chi connectivity index (χ3v) is 5.46. The molecule has 2 aromatic rings. The number of nitrogens with one attached hydrogen (secondary N) is 1. The van der Waals surface area contributed by atoms with Crippen LogP contribution in [0.15, 0.2) is 36.5 Å². The van der Waals surface area contributed by atoms with Crippen molar-refractivity contribution in [1.82, 2.24) is 19.6 Å². The number of rotatable bonds is 2. The lowest BCUT2D eigenvalue weighted by Crippen LogP contribution is -2.47. The van der Waals surface area contributed by atoms with E-state index in [1.807, 2.05) is 13.1 Å². The fourth-order valence-electron chi connectivity index (χ4n) is 3.80. The smallest absolute Gasteiger partial charge is 0.363 e. The molecule has 0 saturated carbocycles. The van der Waals surface area contributed by atoms with Gasteiger partial charge in [0.05, 0.1) is 12.2 Å². The van der Waals surface area contributed by atoms with Gasteiger partial charge < -0.3 is 15.1 Å². The summed E-state index contributed by atoms with van der Waals surface area (Å²) in [5.74, 6) is -0.136. The van der Waals surface area contributed by atoms with Crippen LogP contribution in [0.4, 0.5) is 19.0 Å². The predicted octanol–water partition coefficient (Wildman–Crippen LogP) is 2.93. The molecule has 3 heterocycles. The third-order valence-electron chi connectivity index (χ3n) is 5.46. The van der Waals surface area contributed by atoms with Gasteiger partial charge in [-0.1, -0.05) is 30.3 Å². The van der Waals surface area contributed by atoms with Crippen molar-refractivity contribution in [3.8, 4) is 0 Å². The van der Waals surface area contributed by atoms with Crippen molar-refractivity contribution in [2.75, 3.05) is 38.5 Å². The van der Waals surface area contributed by atoms with Gasteiger partial charge in [0.2, 0.25) is 0 Å². The summed E-state index contributed by atoms with van der Waals surface area (Å²) in [5, 5.41) is 7.08. The molecule has 1 aromatic heterocycles. The van der Waals surface area contributed by atoms with Crippen LogP contribution in [-0.4, -0.2) is 64.9 Å². The molecule has 1 fully saturated rings. The van der Waals surface area contributed by atoms with Crippen LogP contribution < -0.4 is 5.32 Å². The maximum atomic E-state index is 13.7. The van der Waals surface area contributed by atoms with Crippen LogP contribution in [0, 0.1) is 0 Å². The molecule has 28 heavy (non-hydrogen) atoms. The molecule has 9 heteroatoms. The van der Waals surface area contributed by atoms with Crippen molar-refractivity contribution in [3.05, 3.63) is 47.7 Å². The highest BCUT2D eigenvalue weighted by Crippen LogP contribution is 2.44. The first-order valence-corrected chi connectivity index (χ1v) is 9.28.